The van der Waals surface area contributed by atoms with Crippen LogP contribution in [-0.4, -0.2) is 20.1 Å². The zero-order valence-electron chi connectivity index (χ0n) is 15.0. The van der Waals surface area contributed by atoms with Crippen LogP contribution in [0.4, 0.5) is 11.5 Å². The number of H-pyrrole nitrogens is 1. The second-order valence-electron chi connectivity index (χ2n) is 6.78. The van der Waals surface area contributed by atoms with E-state index in [0.717, 1.165) is 46.2 Å². The average Bonchev–Trinajstić information content (AvgIpc) is 3.22. The highest BCUT2D eigenvalue weighted by atomic mass is 32.1. The van der Waals surface area contributed by atoms with Crippen molar-refractivity contribution in [1.82, 2.24) is 15.0 Å². The van der Waals surface area contributed by atoms with Crippen LogP contribution in [0.3, 0.4) is 0 Å². The van der Waals surface area contributed by atoms with Gasteiger partial charge in [0.05, 0.1) is 10.9 Å². The smallest absolute Gasteiger partial charge is 0.218 e. The number of thiophene rings is 1. The minimum Gasteiger partial charge on any atom is -0.493 e. The fourth-order valence-corrected chi connectivity index (χ4v) is 5.00. The van der Waals surface area contributed by atoms with Crippen LogP contribution < -0.4 is 0 Å². The predicted octanol–water partition coefficient (Wildman–Crippen LogP) is 5.73. The number of nitrogens with zero attached hydrogens (tertiary/aromatic N) is 4. The molecule has 0 radical (unpaired) electrons. The molecule has 0 aliphatic heterocycles. The molecule has 7 heteroatoms. The van der Waals surface area contributed by atoms with E-state index in [4.69, 9.17) is 4.98 Å². The van der Waals surface area contributed by atoms with Gasteiger partial charge < -0.3 is 10.1 Å². The summed E-state index contributed by atoms with van der Waals surface area (Å²) in [5.41, 5.74) is 2.61. The zero-order valence-corrected chi connectivity index (χ0v) is 15.8. The third-order valence-corrected chi connectivity index (χ3v) is 6.25. The van der Waals surface area contributed by atoms with Gasteiger partial charge in [0.25, 0.3) is 0 Å². The highest BCUT2D eigenvalue weighted by Crippen LogP contribution is 2.41. The Labute approximate surface area is 160 Å². The van der Waals surface area contributed by atoms with Crippen molar-refractivity contribution in [3.8, 4) is 5.88 Å². The Morgan fingerprint density at radius 1 is 1.15 bits per heavy atom. The summed E-state index contributed by atoms with van der Waals surface area (Å²) < 4.78 is 0. The number of aromatic hydroxyl groups is 1. The summed E-state index contributed by atoms with van der Waals surface area (Å²) in [6.07, 6.45) is 5.32. The van der Waals surface area contributed by atoms with Crippen molar-refractivity contribution < 1.29 is 5.11 Å². The number of fused-ring (bicyclic) bond motifs is 4. The van der Waals surface area contributed by atoms with E-state index in [2.05, 4.69) is 20.2 Å². The van der Waals surface area contributed by atoms with Gasteiger partial charge in [0, 0.05) is 16.7 Å². The summed E-state index contributed by atoms with van der Waals surface area (Å²) in [6, 6.07) is 7.65. The molecule has 3 heterocycles. The number of azo groups is 1. The second kappa shape index (κ2) is 6.42. The van der Waals surface area contributed by atoms with E-state index < -0.39 is 0 Å². The van der Waals surface area contributed by atoms with Gasteiger partial charge >= 0.3 is 0 Å². The first-order chi connectivity index (χ1) is 13.2. The molecule has 0 unspecified atom stereocenters. The normalized spacial score (nSPS) is 14.4. The molecule has 0 amide bonds. The zero-order chi connectivity index (χ0) is 18.4. The maximum Gasteiger partial charge on any atom is 0.218 e. The van der Waals surface area contributed by atoms with Gasteiger partial charge in [-0.1, -0.05) is 25.1 Å². The molecule has 1 aliphatic carbocycles. The third kappa shape index (κ3) is 2.70. The lowest BCUT2D eigenvalue weighted by Crippen LogP contribution is -1.99. The Bertz CT molecular complexity index is 1190. The van der Waals surface area contributed by atoms with E-state index >= 15 is 0 Å². The highest BCUT2D eigenvalue weighted by molar-refractivity contribution is 7.19. The molecule has 27 heavy (non-hydrogen) atoms. The molecular weight excluding hydrogens is 358 g/mol. The largest absolute Gasteiger partial charge is 0.493 e. The van der Waals surface area contributed by atoms with Crippen LogP contribution in [0.5, 0.6) is 5.88 Å². The van der Waals surface area contributed by atoms with Crippen LogP contribution in [0.15, 0.2) is 34.5 Å². The van der Waals surface area contributed by atoms with E-state index in [9.17, 15) is 5.11 Å². The molecule has 0 spiro atoms. The molecule has 1 aromatic carbocycles. The van der Waals surface area contributed by atoms with Gasteiger partial charge in [-0.25, -0.2) is 9.97 Å². The molecule has 0 atom stereocenters. The Balaban J connectivity index is 1.68. The fourth-order valence-electron chi connectivity index (χ4n) is 3.72. The number of aromatic nitrogens is 3. The standard InChI is InChI=1S/C20H19N5OS/c1-2-15-22-18(16-12-8-4-6-10-14(12)27-20(16)23-15)25-24-17-11-7-3-5-9-13(11)21-19(17)26/h3,5,7,9,21,26H,2,4,6,8,10H2,1H3. The van der Waals surface area contributed by atoms with E-state index in [-0.39, 0.29) is 5.88 Å². The van der Waals surface area contributed by atoms with Crippen LogP contribution in [0.1, 0.15) is 36.0 Å². The van der Waals surface area contributed by atoms with Gasteiger partial charge in [0.15, 0.2) is 11.5 Å². The SMILES string of the molecule is CCc1nc(N=Nc2c(O)[nH]c3ccccc23)c2c3c(sc2n1)CCCC3. The van der Waals surface area contributed by atoms with Crippen molar-refractivity contribution in [3.05, 3.63) is 40.5 Å². The molecule has 0 fully saturated rings. The quantitative estimate of drug-likeness (QED) is 0.447. The van der Waals surface area contributed by atoms with Gasteiger partial charge in [0.2, 0.25) is 5.88 Å². The van der Waals surface area contributed by atoms with Gasteiger partial charge in [-0.05, 0) is 37.3 Å². The van der Waals surface area contributed by atoms with Gasteiger partial charge in [-0.15, -0.1) is 21.6 Å². The maximum absolute atomic E-state index is 10.2. The molecule has 5 rings (SSSR count). The van der Waals surface area contributed by atoms with Crippen LogP contribution in [-0.2, 0) is 19.3 Å². The van der Waals surface area contributed by atoms with Crippen LogP contribution >= 0.6 is 11.3 Å². The Hall–Kier alpha value is -2.80. The van der Waals surface area contributed by atoms with Gasteiger partial charge in [-0.3, -0.25) is 0 Å². The number of aromatic amines is 1. The molecule has 136 valence electrons. The molecule has 0 saturated heterocycles. The summed E-state index contributed by atoms with van der Waals surface area (Å²) in [5, 5.41) is 21.0. The number of rotatable bonds is 3. The van der Waals surface area contributed by atoms with Crippen LogP contribution in [0, 0.1) is 0 Å². The van der Waals surface area contributed by atoms with Crippen molar-refractivity contribution in [2.24, 2.45) is 10.2 Å². The lowest BCUT2D eigenvalue weighted by atomic mass is 9.97. The molecule has 6 nitrogen and oxygen atoms in total. The first-order valence-corrected chi connectivity index (χ1v) is 10.1. The maximum atomic E-state index is 10.2. The summed E-state index contributed by atoms with van der Waals surface area (Å²) in [4.78, 5) is 14.7. The predicted molar refractivity (Wildman–Crippen MR) is 108 cm³/mol. The number of hydrogen-bond acceptors (Lipinski definition) is 6. The summed E-state index contributed by atoms with van der Waals surface area (Å²) >= 11 is 1.76. The van der Waals surface area contributed by atoms with Crippen LogP contribution in [0.2, 0.25) is 0 Å². The molecule has 2 N–H and O–H groups in total. The molecule has 4 aromatic rings. The van der Waals surface area contributed by atoms with E-state index in [1.54, 1.807) is 11.3 Å². The highest BCUT2D eigenvalue weighted by Gasteiger charge is 2.21. The fraction of sp³-hybridized carbons (Fsp3) is 0.300. The minimum absolute atomic E-state index is 0.0216. The molecule has 3 aromatic heterocycles. The van der Waals surface area contributed by atoms with Crippen LogP contribution in [0.25, 0.3) is 21.1 Å². The van der Waals surface area contributed by atoms with Gasteiger partial charge in [0.1, 0.15) is 10.7 Å². The number of para-hydroxylation sites is 1. The summed E-state index contributed by atoms with van der Waals surface area (Å²) in [6.45, 7) is 2.04. The Kier molecular flexibility index (Phi) is 3.89. The number of aryl methyl sites for hydroxylation is 3. The summed E-state index contributed by atoms with van der Waals surface area (Å²) in [7, 11) is 0. The molecule has 0 saturated carbocycles. The third-order valence-electron chi connectivity index (χ3n) is 5.06. The lowest BCUT2D eigenvalue weighted by Gasteiger charge is -2.10. The molecule has 0 bridgehead atoms. The van der Waals surface area contributed by atoms with Crippen molar-refractivity contribution in [2.75, 3.05) is 0 Å². The lowest BCUT2D eigenvalue weighted by molar-refractivity contribution is 0.459. The van der Waals surface area contributed by atoms with Crippen molar-refractivity contribution in [2.45, 2.75) is 39.0 Å². The molecule has 1 aliphatic rings. The second-order valence-corrected chi connectivity index (χ2v) is 7.86. The average molecular weight is 377 g/mol. The van der Waals surface area contributed by atoms with Crippen molar-refractivity contribution >= 4 is 44.0 Å². The molecular formula is C20H19N5OS. The Morgan fingerprint density at radius 3 is 2.89 bits per heavy atom. The van der Waals surface area contributed by atoms with Crippen molar-refractivity contribution in [1.29, 1.82) is 0 Å². The van der Waals surface area contributed by atoms with E-state index in [1.807, 2.05) is 31.2 Å². The number of benzene rings is 1. The first-order valence-electron chi connectivity index (χ1n) is 9.27. The minimum atomic E-state index is 0.0216. The van der Waals surface area contributed by atoms with E-state index in [1.165, 1.54) is 23.3 Å². The Morgan fingerprint density at radius 2 is 2.00 bits per heavy atom. The number of nitrogens with one attached hydrogen (secondary N) is 1. The topological polar surface area (TPSA) is 86.5 Å². The van der Waals surface area contributed by atoms with Gasteiger partial charge in [-0.2, -0.15) is 0 Å². The van der Waals surface area contributed by atoms with Crippen molar-refractivity contribution in [3.63, 3.8) is 0 Å². The summed E-state index contributed by atoms with van der Waals surface area (Å²) in [5.74, 6) is 1.41. The van der Waals surface area contributed by atoms with E-state index in [0.29, 0.717) is 11.5 Å². The number of hydrogen-bond donors (Lipinski definition) is 2. The monoisotopic (exact) mass is 377 g/mol. The first kappa shape index (κ1) is 16.4.